The highest BCUT2D eigenvalue weighted by atomic mass is 16.3. The Balaban J connectivity index is 3.73. The van der Waals surface area contributed by atoms with Crippen molar-refractivity contribution in [2.75, 3.05) is 6.61 Å². The van der Waals surface area contributed by atoms with E-state index in [2.05, 4.69) is 31.3 Å². The fourth-order valence-electron chi connectivity index (χ4n) is 4.11. The molecule has 0 rings (SSSR count). The average molecular weight is 480 g/mol. The molecule has 2 atom stereocenters. The van der Waals surface area contributed by atoms with Crippen LogP contribution in [0.5, 0.6) is 0 Å². The zero-order chi connectivity index (χ0) is 25.1. The molecule has 0 aliphatic heterocycles. The van der Waals surface area contributed by atoms with Gasteiger partial charge in [-0.05, 0) is 44.9 Å². The molecular formula is C30H57NO3. The van der Waals surface area contributed by atoms with Crippen molar-refractivity contribution in [3.63, 3.8) is 0 Å². The largest absolute Gasteiger partial charge is 0.394 e. The lowest BCUT2D eigenvalue weighted by atomic mass is 10.1. The Hall–Kier alpha value is -1.13. The Labute approximate surface area is 211 Å². The van der Waals surface area contributed by atoms with E-state index in [0.717, 1.165) is 38.5 Å². The van der Waals surface area contributed by atoms with E-state index in [4.69, 9.17) is 0 Å². The Morgan fingerprint density at radius 2 is 1.12 bits per heavy atom. The molecule has 0 aromatic rings. The summed E-state index contributed by atoms with van der Waals surface area (Å²) in [7, 11) is 0. The third kappa shape index (κ3) is 22.7. The number of unbranched alkanes of at least 4 members (excludes halogenated alkanes) is 16. The van der Waals surface area contributed by atoms with Crippen molar-refractivity contribution in [2.24, 2.45) is 0 Å². The minimum atomic E-state index is -0.835. The van der Waals surface area contributed by atoms with Crippen molar-refractivity contribution >= 4 is 5.91 Å². The predicted octanol–water partition coefficient (Wildman–Crippen LogP) is 7.78. The molecule has 0 aliphatic rings. The number of allylic oxidation sites excluding steroid dienone is 3. The van der Waals surface area contributed by atoms with Crippen LogP contribution in [-0.2, 0) is 4.79 Å². The number of carbonyl (C=O) groups is 1. The lowest BCUT2D eigenvalue weighted by Gasteiger charge is -2.20. The first-order valence-corrected chi connectivity index (χ1v) is 14.6. The molecule has 0 spiro atoms. The van der Waals surface area contributed by atoms with E-state index in [1.54, 1.807) is 6.08 Å². The molecule has 200 valence electrons. The molecule has 0 fully saturated rings. The second kappa shape index (κ2) is 26.5. The number of rotatable bonds is 25. The summed E-state index contributed by atoms with van der Waals surface area (Å²) in [6.07, 6.45) is 31.0. The van der Waals surface area contributed by atoms with E-state index >= 15 is 0 Å². The van der Waals surface area contributed by atoms with E-state index in [0.29, 0.717) is 6.42 Å². The van der Waals surface area contributed by atoms with Gasteiger partial charge in [0.1, 0.15) is 0 Å². The Kier molecular flexibility index (Phi) is 25.6. The molecule has 34 heavy (non-hydrogen) atoms. The second-order valence-corrected chi connectivity index (χ2v) is 9.81. The summed E-state index contributed by atoms with van der Waals surface area (Å²) < 4.78 is 0. The molecule has 4 heteroatoms. The van der Waals surface area contributed by atoms with Crippen LogP contribution < -0.4 is 5.32 Å². The zero-order valence-electron chi connectivity index (χ0n) is 22.6. The zero-order valence-corrected chi connectivity index (χ0v) is 22.6. The molecule has 2 unspecified atom stereocenters. The molecule has 0 saturated carbocycles. The molecular weight excluding hydrogens is 422 g/mol. The smallest absolute Gasteiger partial charge is 0.220 e. The summed E-state index contributed by atoms with van der Waals surface area (Å²) in [5, 5.41) is 22.6. The Bertz CT molecular complexity index is 489. The van der Waals surface area contributed by atoms with Gasteiger partial charge in [-0.3, -0.25) is 4.79 Å². The van der Waals surface area contributed by atoms with Gasteiger partial charge in [0.05, 0.1) is 18.8 Å². The Morgan fingerprint density at radius 3 is 1.68 bits per heavy atom. The molecule has 0 aliphatic carbocycles. The predicted molar refractivity (Wildman–Crippen MR) is 147 cm³/mol. The summed E-state index contributed by atoms with van der Waals surface area (Å²) in [5.41, 5.74) is 0. The van der Waals surface area contributed by atoms with Crippen molar-refractivity contribution < 1.29 is 15.0 Å². The fraction of sp³-hybridized carbons (Fsp3) is 0.833. The van der Waals surface area contributed by atoms with Crippen molar-refractivity contribution in [3.8, 4) is 0 Å². The van der Waals surface area contributed by atoms with E-state index < -0.39 is 12.1 Å². The molecule has 0 heterocycles. The van der Waals surface area contributed by atoms with Crippen LogP contribution in [0.25, 0.3) is 0 Å². The van der Waals surface area contributed by atoms with Crippen LogP contribution in [0.1, 0.15) is 142 Å². The van der Waals surface area contributed by atoms with Crippen LogP contribution in [0.4, 0.5) is 0 Å². The van der Waals surface area contributed by atoms with Crippen molar-refractivity contribution in [1.82, 2.24) is 5.32 Å². The highest BCUT2D eigenvalue weighted by molar-refractivity contribution is 5.76. The van der Waals surface area contributed by atoms with Gasteiger partial charge in [-0.1, -0.05) is 115 Å². The van der Waals surface area contributed by atoms with Gasteiger partial charge in [-0.15, -0.1) is 0 Å². The van der Waals surface area contributed by atoms with E-state index in [1.165, 1.54) is 83.5 Å². The van der Waals surface area contributed by atoms with Gasteiger partial charge >= 0.3 is 0 Å². The van der Waals surface area contributed by atoms with Gasteiger partial charge in [0.15, 0.2) is 0 Å². The molecule has 0 bridgehead atoms. The number of aliphatic hydroxyl groups excluding tert-OH is 2. The Morgan fingerprint density at radius 1 is 0.676 bits per heavy atom. The summed E-state index contributed by atoms with van der Waals surface area (Å²) in [4.78, 5) is 12.2. The first kappa shape index (κ1) is 32.9. The topological polar surface area (TPSA) is 69.6 Å². The number of hydrogen-bond acceptors (Lipinski definition) is 3. The van der Waals surface area contributed by atoms with E-state index in [9.17, 15) is 15.0 Å². The van der Waals surface area contributed by atoms with Gasteiger partial charge in [0.25, 0.3) is 0 Å². The lowest BCUT2D eigenvalue weighted by Crippen LogP contribution is -2.45. The van der Waals surface area contributed by atoms with Crippen molar-refractivity contribution in [3.05, 3.63) is 24.3 Å². The van der Waals surface area contributed by atoms with Gasteiger partial charge in [-0.25, -0.2) is 0 Å². The van der Waals surface area contributed by atoms with Crippen LogP contribution in [0.3, 0.4) is 0 Å². The summed E-state index contributed by atoms with van der Waals surface area (Å²) in [6.45, 7) is 4.23. The van der Waals surface area contributed by atoms with Crippen LogP contribution in [0, 0.1) is 0 Å². The first-order chi connectivity index (χ1) is 16.7. The van der Waals surface area contributed by atoms with Crippen LogP contribution >= 0.6 is 0 Å². The quantitative estimate of drug-likeness (QED) is 0.0924. The number of nitrogens with one attached hydrogen (secondary N) is 1. The number of aliphatic hydroxyl groups is 2. The van der Waals surface area contributed by atoms with Crippen LogP contribution in [0.2, 0.25) is 0 Å². The van der Waals surface area contributed by atoms with Crippen molar-refractivity contribution in [2.45, 2.75) is 154 Å². The monoisotopic (exact) mass is 479 g/mol. The number of amides is 1. The molecule has 0 aromatic heterocycles. The first-order valence-electron chi connectivity index (χ1n) is 14.6. The van der Waals surface area contributed by atoms with Crippen LogP contribution in [-0.4, -0.2) is 34.9 Å². The minimum Gasteiger partial charge on any atom is -0.394 e. The lowest BCUT2D eigenvalue weighted by molar-refractivity contribution is -0.123. The molecule has 1 amide bonds. The van der Waals surface area contributed by atoms with Crippen molar-refractivity contribution in [1.29, 1.82) is 0 Å². The second-order valence-electron chi connectivity index (χ2n) is 9.81. The minimum absolute atomic E-state index is 0.0791. The highest BCUT2D eigenvalue weighted by Crippen LogP contribution is 2.11. The van der Waals surface area contributed by atoms with Crippen LogP contribution in [0.15, 0.2) is 24.3 Å². The molecule has 3 N–H and O–H groups in total. The standard InChI is InChI=1S/C30H57NO3/c1-3-5-7-9-11-13-15-16-18-20-22-24-26-30(34)31-28(27-32)29(33)25-23-21-19-17-14-12-10-8-6-4-2/h11,13,23,25,28-29,32-33H,3-10,12,14-22,24,26-27H2,1-2H3,(H,31,34)/b13-11-,25-23+. The summed E-state index contributed by atoms with van der Waals surface area (Å²) >= 11 is 0. The maximum atomic E-state index is 12.2. The van der Waals surface area contributed by atoms with Gasteiger partial charge in [0.2, 0.25) is 5.91 Å². The van der Waals surface area contributed by atoms with Gasteiger partial charge in [0, 0.05) is 6.42 Å². The number of carbonyl (C=O) groups excluding carboxylic acids is 1. The summed E-state index contributed by atoms with van der Waals surface area (Å²) in [6, 6.07) is -0.619. The average Bonchev–Trinajstić information content (AvgIpc) is 2.84. The third-order valence-electron chi connectivity index (χ3n) is 6.43. The third-order valence-corrected chi connectivity index (χ3v) is 6.43. The molecule has 0 radical (unpaired) electrons. The van der Waals surface area contributed by atoms with Gasteiger partial charge < -0.3 is 15.5 Å². The highest BCUT2D eigenvalue weighted by Gasteiger charge is 2.17. The SMILES string of the molecule is CCCCC/C=C\CCCCCCCC(=O)NC(CO)C(O)/C=C/CCCCCCCCCC. The fourth-order valence-corrected chi connectivity index (χ4v) is 4.11. The maximum absolute atomic E-state index is 12.2. The van der Waals surface area contributed by atoms with E-state index in [1.807, 2.05) is 6.08 Å². The normalized spacial score (nSPS) is 13.6. The molecule has 0 saturated heterocycles. The molecule has 0 aromatic carbocycles. The molecule has 4 nitrogen and oxygen atoms in total. The number of hydrogen-bond donors (Lipinski definition) is 3. The maximum Gasteiger partial charge on any atom is 0.220 e. The van der Waals surface area contributed by atoms with E-state index in [-0.39, 0.29) is 12.5 Å². The van der Waals surface area contributed by atoms with Gasteiger partial charge in [-0.2, -0.15) is 0 Å². The summed E-state index contributed by atoms with van der Waals surface area (Å²) in [5.74, 6) is -0.0791.